The lowest BCUT2D eigenvalue weighted by atomic mass is 10.0. The van der Waals surface area contributed by atoms with Crippen LogP contribution in [0.15, 0.2) is 36.4 Å². The van der Waals surface area contributed by atoms with Crippen molar-refractivity contribution in [1.29, 1.82) is 0 Å². The van der Waals surface area contributed by atoms with Gasteiger partial charge >= 0.3 is 0 Å². The van der Waals surface area contributed by atoms with Crippen molar-refractivity contribution < 1.29 is 19.1 Å². The fourth-order valence-corrected chi connectivity index (χ4v) is 3.62. The van der Waals surface area contributed by atoms with E-state index in [4.69, 9.17) is 9.47 Å². The number of aromatic nitrogens is 1. The number of H-pyrrole nitrogens is 1. The van der Waals surface area contributed by atoms with E-state index < -0.39 is 6.04 Å². The van der Waals surface area contributed by atoms with Crippen molar-refractivity contribution in [2.24, 2.45) is 5.92 Å². The van der Waals surface area contributed by atoms with Crippen molar-refractivity contribution in [1.82, 2.24) is 15.6 Å². The first-order chi connectivity index (χ1) is 15.2. The monoisotopic (exact) mass is 437 g/mol. The summed E-state index contributed by atoms with van der Waals surface area (Å²) < 4.78 is 10.5. The highest BCUT2D eigenvalue weighted by Crippen LogP contribution is 2.23. The van der Waals surface area contributed by atoms with Gasteiger partial charge in [-0.1, -0.05) is 19.9 Å². The van der Waals surface area contributed by atoms with Gasteiger partial charge in [-0.15, -0.1) is 0 Å². The molecule has 0 spiro atoms. The van der Waals surface area contributed by atoms with Crippen molar-refractivity contribution >= 4 is 22.7 Å². The number of carbonyl (C=O) groups excluding carboxylic acids is 2. The predicted molar refractivity (Wildman–Crippen MR) is 125 cm³/mol. The van der Waals surface area contributed by atoms with Gasteiger partial charge in [-0.3, -0.25) is 9.59 Å². The highest BCUT2D eigenvalue weighted by atomic mass is 16.5. The number of fused-ring (bicyclic) bond motifs is 1. The first-order valence-electron chi connectivity index (χ1n) is 10.6. The van der Waals surface area contributed by atoms with Gasteiger partial charge in [-0.25, -0.2) is 0 Å². The van der Waals surface area contributed by atoms with Gasteiger partial charge in [-0.05, 0) is 55.2 Å². The maximum atomic E-state index is 12.9. The zero-order chi connectivity index (χ0) is 23.4. The van der Waals surface area contributed by atoms with E-state index in [1.165, 1.54) is 19.8 Å². The largest absolute Gasteiger partial charge is 0.497 e. The van der Waals surface area contributed by atoms with E-state index in [0.717, 1.165) is 22.2 Å². The minimum atomic E-state index is -0.681. The third-order valence-corrected chi connectivity index (χ3v) is 5.69. The van der Waals surface area contributed by atoms with Crippen molar-refractivity contribution in [2.45, 2.75) is 40.3 Å². The van der Waals surface area contributed by atoms with Crippen LogP contribution in [0.5, 0.6) is 11.5 Å². The minimum Gasteiger partial charge on any atom is -0.497 e. The van der Waals surface area contributed by atoms with Crippen LogP contribution in [0, 0.1) is 19.8 Å². The van der Waals surface area contributed by atoms with E-state index >= 15 is 0 Å². The summed E-state index contributed by atoms with van der Waals surface area (Å²) in [6.07, 6.45) is 0. The van der Waals surface area contributed by atoms with E-state index in [0.29, 0.717) is 23.6 Å². The quantitative estimate of drug-likeness (QED) is 0.499. The Morgan fingerprint density at radius 2 is 1.66 bits per heavy atom. The van der Waals surface area contributed by atoms with E-state index in [2.05, 4.69) is 28.6 Å². The summed E-state index contributed by atoms with van der Waals surface area (Å²) in [4.78, 5) is 29.1. The third-order valence-electron chi connectivity index (χ3n) is 5.69. The number of aryl methyl sites for hydroxylation is 2. The van der Waals surface area contributed by atoms with Crippen LogP contribution in [-0.2, 0) is 11.3 Å². The molecule has 0 aliphatic heterocycles. The summed E-state index contributed by atoms with van der Waals surface area (Å²) in [5, 5.41) is 6.95. The molecule has 170 valence electrons. The van der Waals surface area contributed by atoms with Crippen molar-refractivity contribution in [3.05, 3.63) is 58.8 Å². The van der Waals surface area contributed by atoms with E-state index in [1.807, 2.05) is 32.9 Å². The Labute approximate surface area is 188 Å². The molecular weight excluding hydrogens is 406 g/mol. The molecule has 0 radical (unpaired) electrons. The maximum absolute atomic E-state index is 12.9. The second-order valence-corrected chi connectivity index (χ2v) is 8.27. The molecule has 2 amide bonds. The smallest absolute Gasteiger partial charge is 0.252 e. The molecule has 3 rings (SSSR count). The average molecular weight is 438 g/mol. The Bertz CT molecular complexity index is 1110. The Hall–Kier alpha value is -3.48. The molecule has 0 saturated carbocycles. The van der Waals surface area contributed by atoms with Crippen LogP contribution < -0.4 is 20.1 Å². The van der Waals surface area contributed by atoms with E-state index in [1.54, 1.807) is 18.2 Å². The number of rotatable bonds is 8. The van der Waals surface area contributed by atoms with Gasteiger partial charge in [-0.2, -0.15) is 0 Å². The van der Waals surface area contributed by atoms with Crippen LogP contribution in [0.2, 0.25) is 0 Å². The molecule has 32 heavy (non-hydrogen) atoms. The molecule has 1 heterocycles. The number of amides is 2. The lowest BCUT2D eigenvalue weighted by molar-refractivity contribution is -0.124. The second-order valence-electron chi connectivity index (χ2n) is 8.27. The first kappa shape index (κ1) is 23.2. The average Bonchev–Trinajstić information content (AvgIpc) is 3.07. The standard InChI is InChI=1S/C25H31N3O4/c1-14(2)23(28-24(29)18-10-19(31-5)12-20(11-18)32-6)25(30)26-13-17-7-8-22-21(9-17)15(3)16(4)27-22/h7-12,14,23,27H,13H2,1-6H3,(H,26,30)(H,28,29). The van der Waals surface area contributed by atoms with Crippen LogP contribution in [0.4, 0.5) is 0 Å². The van der Waals surface area contributed by atoms with Gasteiger partial charge < -0.3 is 25.1 Å². The molecule has 0 bridgehead atoms. The van der Waals surface area contributed by atoms with Gasteiger partial charge in [0.15, 0.2) is 0 Å². The molecule has 0 aliphatic carbocycles. The highest BCUT2D eigenvalue weighted by Gasteiger charge is 2.25. The molecule has 0 fully saturated rings. The topological polar surface area (TPSA) is 92.4 Å². The normalized spacial score (nSPS) is 12.0. The van der Waals surface area contributed by atoms with Crippen molar-refractivity contribution in [3.63, 3.8) is 0 Å². The number of aromatic amines is 1. The molecule has 3 N–H and O–H groups in total. The van der Waals surface area contributed by atoms with Crippen LogP contribution >= 0.6 is 0 Å². The highest BCUT2D eigenvalue weighted by molar-refractivity contribution is 5.98. The van der Waals surface area contributed by atoms with Crippen LogP contribution in [0.1, 0.15) is 41.0 Å². The zero-order valence-corrected chi connectivity index (χ0v) is 19.5. The molecule has 2 aromatic carbocycles. The summed E-state index contributed by atoms with van der Waals surface area (Å²) in [6.45, 7) is 8.30. The Kier molecular flexibility index (Phi) is 7.08. The van der Waals surface area contributed by atoms with Crippen molar-refractivity contribution in [3.8, 4) is 11.5 Å². The van der Waals surface area contributed by atoms with E-state index in [-0.39, 0.29) is 17.7 Å². The molecule has 0 saturated heterocycles. The van der Waals surface area contributed by atoms with Gasteiger partial charge in [0.1, 0.15) is 17.5 Å². The molecule has 0 aliphatic rings. The summed E-state index contributed by atoms with van der Waals surface area (Å²) in [5.74, 6) is 0.320. The summed E-state index contributed by atoms with van der Waals surface area (Å²) in [7, 11) is 3.04. The molecule has 1 atom stereocenters. The zero-order valence-electron chi connectivity index (χ0n) is 19.5. The summed E-state index contributed by atoms with van der Waals surface area (Å²) in [5.41, 5.74) is 4.78. The Morgan fingerprint density at radius 1 is 1.00 bits per heavy atom. The van der Waals surface area contributed by atoms with Gasteiger partial charge in [0.05, 0.1) is 14.2 Å². The van der Waals surface area contributed by atoms with Crippen LogP contribution in [-0.4, -0.2) is 37.1 Å². The van der Waals surface area contributed by atoms with Gasteiger partial charge in [0.25, 0.3) is 5.91 Å². The maximum Gasteiger partial charge on any atom is 0.252 e. The second kappa shape index (κ2) is 9.77. The number of hydrogen-bond acceptors (Lipinski definition) is 4. The fourth-order valence-electron chi connectivity index (χ4n) is 3.62. The lowest BCUT2D eigenvalue weighted by Crippen LogP contribution is -2.49. The number of hydrogen-bond donors (Lipinski definition) is 3. The molecule has 1 aromatic heterocycles. The third kappa shape index (κ3) is 5.04. The van der Waals surface area contributed by atoms with Crippen LogP contribution in [0.3, 0.4) is 0 Å². The molecular formula is C25H31N3O4. The summed E-state index contributed by atoms with van der Waals surface area (Å²) >= 11 is 0. The van der Waals surface area contributed by atoms with Gasteiger partial charge in [0.2, 0.25) is 5.91 Å². The first-order valence-corrected chi connectivity index (χ1v) is 10.6. The SMILES string of the molecule is COc1cc(OC)cc(C(=O)NC(C(=O)NCc2ccc3[nH]c(C)c(C)c3c2)C(C)C)c1. The molecule has 1 unspecified atom stereocenters. The number of carbonyl (C=O) groups is 2. The Morgan fingerprint density at radius 3 is 2.25 bits per heavy atom. The molecule has 3 aromatic rings. The van der Waals surface area contributed by atoms with Crippen molar-refractivity contribution in [2.75, 3.05) is 14.2 Å². The predicted octanol–water partition coefficient (Wildman–Crippen LogP) is 3.87. The lowest BCUT2D eigenvalue weighted by Gasteiger charge is -2.22. The number of benzene rings is 2. The van der Waals surface area contributed by atoms with E-state index in [9.17, 15) is 9.59 Å². The number of ether oxygens (including phenoxy) is 2. The number of nitrogens with one attached hydrogen (secondary N) is 3. The molecule has 7 nitrogen and oxygen atoms in total. The fraction of sp³-hybridized carbons (Fsp3) is 0.360. The van der Waals surface area contributed by atoms with Crippen LogP contribution in [0.25, 0.3) is 10.9 Å². The van der Waals surface area contributed by atoms with Gasteiger partial charge in [0, 0.05) is 34.8 Å². The number of methoxy groups -OCH3 is 2. The minimum absolute atomic E-state index is 0.0940. The molecule has 7 heteroatoms. The Balaban J connectivity index is 1.71. The summed E-state index contributed by atoms with van der Waals surface area (Å²) in [6, 6.07) is 10.3.